The molecule has 0 spiro atoms. The fourth-order valence-corrected chi connectivity index (χ4v) is 2.37. The molecule has 0 aliphatic carbocycles. The summed E-state index contributed by atoms with van der Waals surface area (Å²) >= 11 is 0. The summed E-state index contributed by atoms with van der Waals surface area (Å²) in [5, 5.41) is 6.50. The summed E-state index contributed by atoms with van der Waals surface area (Å²) in [6.45, 7) is 2.96. The van der Waals surface area contributed by atoms with Crippen LogP contribution in [0.25, 0.3) is 0 Å². The van der Waals surface area contributed by atoms with E-state index < -0.39 is 11.7 Å². The van der Waals surface area contributed by atoms with Gasteiger partial charge in [-0.3, -0.25) is 0 Å². The molecule has 2 nitrogen and oxygen atoms in total. The van der Waals surface area contributed by atoms with Crippen LogP contribution in [0.1, 0.15) is 24.8 Å². The van der Waals surface area contributed by atoms with Gasteiger partial charge in [0.25, 0.3) is 0 Å². The highest BCUT2D eigenvalue weighted by molar-refractivity contribution is 5.45. The third-order valence-electron chi connectivity index (χ3n) is 3.55. The fraction of sp³-hybridized carbons (Fsp3) is 0.571. The Hall–Kier alpha value is -1.23. The first-order chi connectivity index (χ1) is 9.05. The second-order valence-corrected chi connectivity index (χ2v) is 4.98. The highest BCUT2D eigenvalue weighted by atomic mass is 19.4. The van der Waals surface area contributed by atoms with Crippen LogP contribution >= 0.6 is 0 Å². The standard InChI is InChI=1S/C14H19F3N2/c15-14(16,17)12-1-3-13(4-2-12)19-10-7-11-5-8-18-9-6-11/h1-4,11,18-19H,5-10H2. The van der Waals surface area contributed by atoms with Crippen molar-refractivity contribution < 1.29 is 13.2 Å². The van der Waals surface area contributed by atoms with E-state index in [4.69, 9.17) is 0 Å². The number of rotatable bonds is 4. The first kappa shape index (κ1) is 14.2. The van der Waals surface area contributed by atoms with Gasteiger partial charge in [-0.15, -0.1) is 0 Å². The average Bonchev–Trinajstić information content (AvgIpc) is 2.39. The highest BCUT2D eigenvalue weighted by Gasteiger charge is 2.29. The number of benzene rings is 1. The minimum Gasteiger partial charge on any atom is -0.385 e. The molecule has 1 heterocycles. The molecule has 0 aromatic heterocycles. The molecule has 0 unspecified atom stereocenters. The van der Waals surface area contributed by atoms with Gasteiger partial charge in [-0.05, 0) is 62.5 Å². The maximum absolute atomic E-state index is 12.4. The van der Waals surface area contributed by atoms with Gasteiger partial charge < -0.3 is 10.6 Å². The molecule has 1 fully saturated rings. The lowest BCUT2D eigenvalue weighted by molar-refractivity contribution is -0.137. The van der Waals surface area contributed by atoms with Crippen molar-refractivity contribution in [2.75, 3.05) is 25.0 Å². The number of anilines is 1. The van der Waals surface area contributed by atoms with Gasteiger partial charge in [0.15, 0.2) is 0 Å². The lowest BCUT2D eigenvalue weighted by Crippen LogP contribution is -2.28. The third kappa shape index (κ3) is 4.42. The van der Waals surface area contributed by atoms with Gasteiger partial charge in [0.2, 0.25) is 0 Å². The number of halogens is 3. The predicted octanol–water partition coefficient (Wildman–Crippen LogP) is 3.51. The lowest BCUT2D eigenvalue weighted by Gasteiger charge is -2.22. The quantitative estimate of drug-likeness (QED) is 0.876. The predicted molar refractivity (Wildman–Crippen MR) is 70.1 cm³/mol. The second kappa shape index (κ2) is 6.28. The number of hydrogen-bond donors (Lipinski definition) is 2. The van der Waals surface area contributed by atoms with Gasteiger partial charge in [-0.25, -0.2) is 0 Å². The number of nitrogens with one attached hydrogen (secondary N) is 2. The van der Waals surface area contributed by atoms with E-state index in [9.17, 15) is 13.2 Å². The summed E-state index contributed by atoms with van der Waals surface area (Å²) in [6.07, 6.45) is -0.806. The zero-order valence-electron chi connectivity index (χ0n) is 10.8. The van der Waals surface area contributed by atoms with Crippen LogP contribution in [-0.4, -0.2) is 19.6 Å². The minimum absolute atomic E-state index is 0.601. The van der Waals surface area contributed by atoms with Crippen LogP contribution in [0, 0.1) is 5.92 Å². The molecule has 19 heavy (non-hydrogen) atoms. The Labute approximate surface area is 111 Å². The summed E-state index contributed by atoms with van der Waals surface area (Å²) in [6, 6.07) is 5.22. The Kier molecular flexibility index (Phi) is 4.69. The number of alkyl halides is 3. The van der Waals surface area contributed by atoms with Gasteiger partial charge >= 0.3 is 6.18 Å². The molecule has 0 bridgehead atoms. The molecule has 1 aliphatic heterocycles. The molecule has 0 atom stereocenters. The molecule has 1 aliphatic rings. The van der Waals surface area contributed by atoms with E-state index in [1.54, 1.807) is 0 Å². The van der Waals surface area contributed by atoms with E-state index in [0.29, 0.717) is 0 Å². The van der Waals surface area contributed by atoms with E-state index in [1.807, 2.05) is 0 Å². The summed E-state index contributed by atoms with van der Waals surface area (Å²) in [5.41, 5.74) is 0.151. The van der Waals surface area contributed by atoms with Crippen molar-refractivity contribution in [3.05, 3.63) is 29.8 Å². The minimum atomic E-state index is -4.26. The van der Waals surface area contributed by atoms with E-state index in [-0.39, 0.29) is 0 Å². The van der Waals surface area contributed by atoms with Gasteiger partial charge in [0, 0.05) is 12.2 Å². The molecule has 0 saturated carbocycles. The van der Waals surface area contributed by atoms with E-state index in [0.717, 1.165) is 49.8 Å². The van der Waals surface area contributed by atoms with Crippen molar-refractivity contribution in [2.45, 2.75) is 25.4 Å². The first-order valence-electron chi connectivity index (χ1n) is 6.67. The van der Waals surface area contributed by atoms with Crippen LogP contribution in [0.5, 0.6) is 0 Å². The van der Waals surface area contributed by atoms with Crippen molar-refractivity contribution >= 4 is 5.69 Å². The zero-order valence-corrected chi connectivity index (χ0v) is 10.8. The average molecular weight is 272 g/mol. The molecule has 106 valence electrons. The Bertz CT molecular complexity index is 381. The highest BCUT2D eigenvalue weighted by Crippen LogP contribution is 2.29. The fourth-order valence-electron chi connectivity index (χ4n) is 2.37. The van der Waals surface area contributed by atoms with Crippen molar-refractivity contribution in [3.8, 4) is 0 Å². The Morgan fingerprint density at radius 2 is 1.74 bits per heavy atom. The molecule has 2 N–H and O–H groups in total. The van der Waals surface area contributed by atoms with Crippen LogP contribution < -0.4 is 10.6 Å². The van der Waals surface area contributed by atoms with E-state index in [2.05, 4.69) is 10.6 Å². The SMILES string of the molecule is FC(F)(F)c1ccc(NCCC2CCNCC2)cc1. The molecule has 1 saturated heterocycles. The zero-order chi connectivity index (χ0) is 13.7. The summed E-state index contributed by atoms with van der Waals surface area (Å²) in [7, 11) is 0. The topological polar surface area (TPSA) is 24.1 Å². The number of hydrogen-bond acceptors (Lipinski definition) is 2. The van der Waals surface area contributed by atoms with Crippen molar-refractivity contribution in [1.82, 2.24) is 5.32 Å². The van der Waals surface area contributed by atoms with Gasteiger partial charge in [-0.2, -0.15) is 13.2 Å². The molecule has 0 radical (unpaired) electrons. The van der Waals surface area contributed by atoms with Gasteiger partial charge in [0.1, 0.15) is 0 Å². The molecular formula is C14H19F3N2. The molecule has 2 rings (SSSR count). The Balaban J connectivity index is 1.76. The smallest absolute Gasteiger partial charge is 0.385 e. The maximum atomic E-state index is 12.4. The monoisotopic (exact) mass is 272 g/mol. The molecule has 1 aromatic rings. The van der Waals surface area contributed by atoms with Crippen LogP contribution in [0.3, 0.4) is 0 Å². The van der Waals surface area contributed by atoms with Crippen LogP contribution in [0.15, 0.2) is 24.3 Å². The van der Waals surface area contributed by atoms with Gasteiger partial charge in [-0.1, -0.05) is 0 Å². The van der Waals surface area contributed by atoms with Crippen molar-refractivity contribution in [1.29, 1.82) is 0 Å². The lowest BCUT2D eigenvalue weighted by atomic mass is 9.95. The van der Waals surface area contributed by atoms with Crippen LogP contribution in [0.2, 0.25) is 0 Å². The third-order valence-corrected chi connectivity index (χ3v) is 3.55. The maximum Gasteiger partial charge on any atom is 0.416 e. The van der Waals surface area contributed by atoms with Gasteiger partial charge in [0.05, 0.1) is 5.56 Å². The number of piperidine rings is 1. The van der Waals surface area contributed by atoms with Crippen LogP contribution in [0.4, 0.5) is 18.9 Å². The molecule has 1 aromatic carbocycles. The van der Waals surface area contributed by atoms with E-state index >= 15 is 0 Å². The summed E-state index contributed by atoms with van der Waals surface area (Å²) in [5.74, 6) is 0.725. The van der Waals surface area contributed by atoms with Crippen molar-refractivity contribution in [2.24, 2.45) is 5.92 Å². The second-order valence-electron chi connectivity index (χ2n) is 4.98. The normalized spacial score (nSPS) is 17.4. The Morgan fingerprint density at radius 3 is 2.32 bits per heavy atom. The van der Waals surface area contributed by atoms with E-state index in [1.165, 1.54) is 25.0 Å². The Morgan fingerprint density at radius 1 is 1.11 bits per heavy atom. The molecule has 5 heteroatoms. The van der Waals surface area contributed by atoms with Crippen LogP contribution in [-0.2, 0) is 6.18 Å². The molecular weight excluding hydrogens is 253 g/mol. The molecule has 0 amide bonds. The summed E-state index contributed by atoms with van der Waals surface area (Å²) in [4.78, 5) is 0. The summed E-state index contributed by atoms with van der Waals surface area (Å²) < 4.78 is 37.2. The first-order valence-corrected chi connectivity index (χ1v) is 6.67. The largest absolute Gasteiger partial charge is 0.416 e. The van der Waals surface area contributed by atoms with Crippen molar-refractivity contribution in [3.63, 3.8) is 0 Å².